The Balaban J connectivity index is 1.61. The van der Waals surface area contributed by atoms with E-state index < -0.39 is 17.3 Å². The number of anilines is 2. The van der Waals surface area contributed by atoms with Gasteiger partial charge in [-0.1, -0.05) is 18.2 Å². The van der Waals surface area contributed by atoms with Gasteiger partial charge in [-0.3, -0.25) is 9.59 Å². The van der Waals surface area contributed by atoms with Crippen molar-refractivity contribution in [1.29, 1.82) is 0 Å². The number of halogens is 1. The Morgan fingerprint density at radius 2 is 2.06 bits per heavy atom. The van der Waals surface area contributed by atoms with Gasteiger partial charge < -0.3 is 25.8 Å². The number of carbonyl (C=O) groups excluding carboxylic acids is 2. The molecule has 4 N–H and O–H groups in total. The van der Waals surface area contributed by atoms with E-state index in [0.29, 0.717) is 41.0 Å². The number of nitrogens with two attached hydrogens (primary N) is 1. The molecule has 10 heteroatoms. The van der Waals surface area contributed by atoms with E-state index in [1.165, 1.54) is 12.1 Å². The summed E-state index contributed by atoms with van der Waals surface area (Å²) in [4.78, 5) is 31.6. The first-order valence-electron chi connectivity index (χ1n) is 11.1. The van der Waals surface area contributed by atoms with Crippen molar-refractivity contribution in [2.75, 3.05) is 25.0 Å². The van der Waals surface area contributed by atoms with Crippen LogP contribution in [0.1, 0.15) is 47.2 Å². The zero-order valence-electron chi connectivity index (χ0n) is 19.7. The van der Waals surface area contributed by atoms with Crippen LogP contribution < -0.4 is 11.1 Å². The fourth-order valence-corrected chi connectivity index (χ4v) is 4.90. The zero-order valence-corrected chi connectivity index (χ0v) is 20.5. The Hall–Kier alpha value is -3.34. The Kier molecular flexibility index (Phi) is 6.88. The number of amides is 2. The molecule has 1 aromatic carbocycles. The summed E-state index contributed by atoms with van der Waals surface area (Å²) in [6.07, 6.45) is -0.0467. The van der Waals surface area contributed by atoms with Gasteiger partial charge in [-0.25, -0.2) is 9.37 Å². The Labute approximate surface area is 206 Å². The molecule has 0 aliphatic carbocycles. The minimum Gasteiger partial charge on any atom is -0.386 e. The van der Waals surface area contributed by atoms with Crippen LogP contribution in [0.5, 0.6) is 0 Å². The number of hydrogen-bond acceptors (Lipinski definition) is 7. The van der Waals surface area contributed by atoms with Gasteiger partial charge in [0.15, 0.2) is 0 Å². The van der Waals surface area contributed by atoms with E-state index >= 15 is 0 Å². The number of ether oxygens (including phenoxy) is 1. The lowest BCUT2D eigenvalue weighted by Crippen LogP contribution is -2.44. The molecule has 1 aliphatic heterocycles. The van der Waals surface area contributed by atoms with Crippen LogP contribution in [0, 0.1) is 5.82 Å². The number of thiophene rings is 1. The molecule has 1 aliphatic rings. The van der Waals surface area contributed by atoms with Crippen molar-refractivity contribution in [3.05, 3.63) is 65.1 Å². The third kappa shape index (κ3) is 5.50. The van der Waals surface area contributed by atoms with Crippen molar-refractivity contribution >= 4 is 34.0 Å². The van der Waals surface area contributed by atoms with Crippen LogP contribution >= 0.6 is 11.3 Å². The largest absolute Gasteiger partial charge is 0.386 e. The first-order chi connectivity index (χ1) is 16.5. The van der Waals surface area contributed by atoms with Crippen LogP contribution in [0.15, 0.2) is 42.5 Å². The fourth-order valence-electron chi connectivity index (χ4n) is 3.80. The number of nitrogens with one attached hydrogen (secondary N) is 1. The summed E-state index contributed by atoms with van der Waals surface area (Å²) in [5.74, 6) is -1.07. The maximum atomic E-state index is 14.9. The molecule has 0 bridgehead atoms. The zero-order chi connectivity index (χ0) is 25.3. The molecule has 184 valence electrons. The molecule has 1 fully saturated rings. The molecule has 1 saturated heterocycles. The van der Waals surface area contributed by atoms with Gasteiger partial charge in [0.1, 0.15) is 22.3 Å². The first kappa shape index (κ1) is 24.8. The molecule has 1 atom stereocenters. The maximum absolute atomic E-state index is 14.9. The van der Waals surface area contributed by atoms with E-state index in [0.717, 1.165) is 11.3 Å². The summed E-state index contributed by atoms with van der Waals surface area (Å²) in [7, 11) is 0. The standard InChI is InChI=1S/C25H27FN4O4S/c1-14-13-30(9-10-34-14)24(32)19-5-4-6-21(28-19)29-23-17(22(27)31)12-20(35-23)16-8-7-15(11-18(16)26)25(2,3)33/h4-8,11-12,14,33H,9-10,13H2,1-3H3,(H2,27,31)(H,28,29)/t14-/m0/s1. The number of carbonyl (C=O) groups is 2. The maximum Gasteiger partial charge on any atom is 0.272 e. The van der Waals surface area contributed by atoms with Crippen LogP contribution in [0.25, 0.3) is 10.4 Å². The summed E-state index contributed by atoms with van der Waals surface area (Å²) < 4.78 is 20.4. The van der Waals surface area contributed by atoms with E-state index in [-0.39, 0.29) is 28.8 Å². The third-order valence-corrected chi connectivity index (χ3v) is 6.76. The van der Waals surface area contributed by atoms with Gasteiger partial charge in [0.2, 0.25) is 0 Å². The Bertz CT molecular complexity index is 1270. The Morgan fingerprint density at radius 3 is 2.71 bits per heavy atom. The molecule has 35 heavy (non-hydrogen) atoms. The monoisotopic (exact) mass is 498 g/mol. The van der Waals surface area contributed by atoms with Gasteiger partial charge >= 0.3 is 0 Å². The molecular weight excluding hydrogens is 471 g/mol. The summed E-state index contributed by atoms with van der Waals surface area (Å²) in [5, 5.41) is 13.6. The van der Waals surface area contributed by atoms with Crippen LogP contribution in [0.4, 0.5) is 15.2 Å². The molecule has 0 unspecified atom stereocenters. The van der Waals surface area contributed by atoms with Crippen molar-refractivity contribution in [1.82, 2.24) is 9.88 Å². The van der Waals surface area contributed by atoms with E-state index in [1.807, 2.05) is 6.92 Å². The van der Waals surface area contributed by atoms with Gasteiger partial charge in [-0.15, -0.1) is 11.3 Å². The van der Waals surface area contributed by atoms with Crippen molar-refractivity contribution in [2.45, 2.75) is 32.5 Å². The van der Waals surface area contributed by atoms with Gasteiger partial charge in [0, 0.05) is 23.5 Å². The summed E-state index contributed by atoms with van der Waals surface area (Å²) in [5.41, 5.74) is 5.53. The van der Waals surface area contributed by atoms with Crippen LogP contribution in [-0.2, 0) is 10.3 Å². The number of primary amides is 1. The predicted octanol–water partition coefficient (Wildman–Crippen LogP) is 3.88. The van der Waals surface area contributed by atoms with Crippen molar-refractivity contribution in [3.63, 3.8) is 0 Å². The van der Waals surface area contributed by atoms with E-state index in [1.54, 1.807) is 49.1 Å². The molecule has 2 aromatic heterocycles. The predicted molar refractivity (Wildman–Crippen MR) is 132 cm³/mol. The number of nitrogens with zero attached hydrogens (tertiary/aromatic N) is 2. The molecule has 4 rings (SSSR count). The SMILES string of the molecule is C[C@H]1CN(C(=O)c2cccc(Nc3sc(-c4ccc(C(C)(C)O)cc4F)cc3C(N)=O)n2)CCO1. The normalized spacial score (nSPS) is 16.3. The highest BCUT2D eigenvalue weighted by atomic mass is 32.1. The molecule has 8 nitrogen and oxygen atoms in total. The molecule has 3 heterocycles. The van der Waals surface area contributed by atoms with Gasteiger partial charge in [-0.2, -0.15) is 0 Å². The quantitative estimate of drug-likeness (QED) is 0.475. The van der Waals surface area contributed by atoms with Gasteiger partial charge in [0.25, 0.3) is 11.8 Å². The van der Waals surface area contributed by atoms with E-state index in [4.69, 9.17) is 10.5 Å². The summed E-state index contributed by atoms with van der Waals surface area (Å²) in [6, 6.07) is 11.0. The second-order valence-electron chi connectivity index (χ2n) is 8.94. The summed E-state index contributed by atoms with van der Waals surface area (Å²) >= 11 is 1.14. The number of morpholine rings is 1. The molecular formula is C25H27FN4O4S. The second-order valence-corrected chi connectivity index (χ2v) is 9.99. The minimum absolute atomic E-state index is 0.0467. The average Bonchev–Trinajstić information content (AvgIpc) is 3.22. The lowest BCUT2D eigenvalue weighted by Gasteiger charge is -2.30. The lowest BCUT2D eigenvalue weighted by atomic mass is 9.96. The number of benzene rings is 1. The fraction of sp³-hybridized carbons (Fsp3) is 0.320. The van der Waals surface area contributed by atoms with Crippen molar-refractivity contribution < 1.29 is 23.8 Å². The van der Waals surface area contributed by atoms with Crippen LogP contribution in [0.3, 0.4) is 0 Å². The number of pyridine rings is 1. The lowest BCUT2D eigenvalue weighted by molar-refractivity contribution is -0.0126. The van der Waals surface area contributed by atoms with Crippen molar-refractivity contribution in [3.8, 4) is 10.4 Å². The molecule has 2 amide bonds. The number of aromatic nitrogens is 1. The van der Waals surface area contributed by atoms with Crippen molar-refractivity contribution in [2.24, 2.45) is 5.73 Å². The highest BCUT2D eigenvalue weighted by molar-refractivity contribution is 7.20. The number of aliphatic hydroxyl groups is 1. The second kappa shape index (κ2) is 9.73. The smallest absolute Gasteiger partial charge is 0.272 e. The van der Waals surface area contributed by atoms with Crippen LogP contribution in [-0.4, -0.2) is 52.6 Å². The van der Waals surface area contributed by atoms with E-state index in [2.05, 4.69) is 10.3 Å². The number of hydrogen-bond donors (Lipinski definition) is 3. The molecule has 3 aromatic rings. The van der Waals surface area contributed by atoms with Gasteiger partial charge in [-0.05, 0) is 50.6 Å². The minimum atomic E-state index is -1.19. The highest BCUT2D eigenvalue weighted by Crippen LogP contribution is 2.38. The topological polar surface area (TPSA) is 118 Å². The summed E-state index contributed by atoms with van der Waals surface area (Å²) in [6.45, 7) is 6.50. The van der Waals surface area contributed by atoms with Gasteiger partial charge in [0.05, 0.1) is 23.9 Å². The molecule has 0 saturated carbocycles. The molecule has 0 radical (unpaired) electrons. The van der Waals surface area contributed by atoms with E-state index in [9.17, 15) is 19.1 Å². The first-order valence-corrected chi connectivity index (χ1v) is 12.0. The third-order valence-electron chi connectivity index (χ3n) is 5.68. The van der Waals surface area contributed by atoms with Crippen LogP contribution in [0.2, 0.25) is 0 Å². The molecule has 0 spiro atoms. The average molecular weight is 499 g/mol. The Morgan fingerprint density at radius 1 is 1.29 bits per heavy atom. The number of rotatable bonds is 6. The highest BCUT2D eigenvalue weighted by Gasteiger charge is 2.24.